The third kappa shape index (κ3) is 4.10. The van der Waals surface area contributed by atoms with Gasteiger partial charge in [0.05, 0.1) is 25.4 Å². The van der Waals surface area contributed by atoms with Gasteiger partial charge in [-0.2, -0.15) is 5.10 Å². The molecule has 2 amide bonds. The Morgan fingerprint density at radius 2 is 2.07 bits per heavy atom. The molecule has 0 radical (unpaired) electrons. The van der Waals surface area contributed by atoms with Crippen molar-refractivity contribution in [1.29, 1.82) is 0 Å². The van der Waals surface area contributed by atoms with Crippen LogP contribution in [0.1, 0.15) is 53.9 Å². The first-order chi connectivity index (χ1) is 12.8. The Labute approximate surface area is 161 Å². The van der Waals surface area contributed by atoms with Crippen LogP contribution in [0.3, 0.4) is 0 Å². The first kappa shape index (κ1) is 19.3. The molecule has 0 saturated heterocycles. The van der Waals surface area contributed by atoms with Gasteiger partial charge in [0.2, 0.25) is 0 Å². The second-order valence-electron chi connectivity index (χ2n) is 7.53. The minimum atomic E-state index is -0.0700. The number of ether oxygens (including phenoxy) is 1. The van der Waals surface area contributed by atoms with Gasteiger partial charge in [-0.3, -0.25) is 4.68 Å². The van der Waals surface area contributed by atoms with Crippen molar-refractivity contribution in [1.82, 2.24) is 20.0 Å². The van der Waals surface area contributed by atoms with Gasteiger partial charge in [-0.25, -0.2) is 4.79 Å². The van der Waals surface area contributed by atoms with E-state index < -0.39 is 0 Å². The zero-order valence-corrected chi connectivity index (χ0v) is 17.2. The summed E-state index contributed by atoms with van der Waals surface area (Å²) in [5, 5.41) is 7.65. The molecule has 1 saturated carbocycles. The highest BCUT2D eigenvalue weighted by Gasteiger charge is 2.34. The number of urea groups is 1. The van der Waals surface area contributed by atoms with Gasteiger partial charge >= 0.3 is 6.03 Å². The lowest BCUT2D eigenvalue weighted by Gasteiger charge is -2.26. The molecule has 0 bridgehead atoms. The smallest absolute Gasteiger partial charge is 0.318 e. The first-order valence-electron chi connectivity index (χ1n) is 9.52. The van der Waals surface area contributed by atoms with E-state index in [1.54, 1.807) is 7.11 Å². The number of aromatic nitrogens is 2. The fourth-order valence-electron chi connectivity index (χ4n) is 3.49. The standard InChI is InChI=1S/C21H30N4O2/c1-13-11-17(7-10-20(13)27-6)14(2)22-21(26)25(18-8-9-18)12-19-15(3)23-24(5)16(19)4/h7,10-11,14,18H,8-9,12H2,1-6H3,(H,22,26)/t14-/m1/s1. The van der Waals surface area contributed by atoms with Crippen LogP contribution in [-0.4, -0.2) is 33.9 Å². The average molecular weight is 370 g/mol. The fraction of sp³-hybridized carbons (Fsp3) is 0.524. The Morgan fingerprint density at radius 3 is 2.59 bits per heavy atom. The van der Waals surface area contributed by atoms with Crippen LogP contribution in [0, 0.1) is 20.8 Å². The monoisotopic (exact) mass is 370 g/mol. The molecule has 1 heterocycles. The zero-order valence-electron chi connectivity index (χ0n) is 17.2. The number of rotatable bonds is 6. The number of carbonyl (C=O) groups is 1. The minimum Gasteiger partial charge on any atom is -0.496 e. The minimum absolute atomic E-state index is 0.0128. The van der Waals surface area contributed by atoms with E-state index in [0.717, 1.165) is 46.7 Å². The molecule has 27 heavy (non-hydrogen) atoms. The van der Waals surface area contributed by atoms with Crippen LogP contribution in [0.15, 0.2) is 18.2 Å². The predicted octanol–water partition coefficient (Wildman–Crippen LogP) is 3.79. The molecule has 0 spiro atoms. The summed E-state index contributed by atoms with van der Waals surface area (Å²) < 4.78 is 7.21. The summed E-state index contributed by atoms with van der Waals surface area (Å²) in [5.74, 6) is 0.861. The van der Waals surface area contributed by atoms with Crippen molar-refractivity contribution < 1.29 is 9.53 Å². The van der Waals surface area contributed by atoms with E-state index in [0.29, 0.717) is 12.6 Å². The number of hydrogen-bond donors (Lipinski definition) is 1. The van der Waals surface area contributed by atoms with E-state index in [9.17, 15) is 4.79 Å². The van der Waals surface area contributed by atoms with Crippen LogP contribution < -0.4 is 10.1 Å². The molecule has 146 valence electrons. The summed E-state index contributed by atoms with van der Waals surface area (Å²) in [7, 11) is 3.62. The maximum atomic E-state index is 13.0. The normalized spacial score (nSPS) is 14.7. The number of methoxy groups -OCH3 is 1. The summed E-state index contributed by atoms with van der Waals surface area (Å²) in [6, 6.07) is 6.28. The van der Waals surface area contributed by atoms with E-state index >= 15 is 0 Å². The topological polar surface area (TPSA) is 59.4 Å². The van der Waals surface area contributed by atoms with Crippen molar-refractivity contribution in [3.63, 3.8) is 0 Å². The van der Waals surface area contributed by atoms with Crippen molar-refractivity contribution in [3.8, 4) is 5.75 Å². The highest BCUT2D eigenvalue weighted by Crippen LogP contribution is 2.30. The van der Waals surface area contributed by atoms with Crippen LogP contribution >= 0.6 is 0 Å². The lowest BCUT2D eigenvalue weighted by Crippen LogP contribution is -2.42. The summed E-state index contributed by atoms with van der Waals surface area (Å²) >= 11 is 0. The Kier molecular flexibility index (Phi) is 5.44. The Morgan fingerprint density at radius 1 is 1.37 bits per heavy atom. The third-order valence-electron chi connectivity index (χ3n) is 5.49. The number of nitrogens with one attached hydrogen (secondary N) is 1. The van der Waals surface area contributed by atoms with Crippen molar-refractivity contribution in [2.24, 2.45) is 7.05 Å². The molecule has 1 aliphatic carbocycles. The quantitative estimate of drug-likeness (QED) is 0.842. The maximum Gasteiger partial charge on any atom is 0.318 e. The summed E-state index contributed by atoms with van der Waals surface area (Å²) in [6.45, 7) is 8.71. The van der Waals surface area contributed by atoms with E-state index in [1.165, 1.54) is 0 Å². The molecule has 6 heteroatoms. The molecule has 1 aliphatic rings. The molecule has 2 aromatic rings. The van der Waals surface area contributed by atoms with Crippen molar-refractivity contribution in [3.05, 3.63) is 46.3 Å². The number of benzene rings is 1. The average Bonchev–Trinajstić information content (AvgIpc) is 3.42. The van der Waals surface area contributed by atoms with Crippen molar-refractivity contribution in [2.45, 2.75) is 59.2 Å². The number of carbonyl (C=O) groups excluding carboxylic acids is 1. The number of aryl methyl sites for hydroxylation is 3. The van der Waals surface area contributed by atoms with E-state index in [-0.39, 0.29) is 12.1 Å². The maximum absolute atomic E-state index is 13.0. The molecule has 6 nitrogen and oxygen atoms in total. The second kappa shape index (κ2) is 7.62. The van der Waals surface area contributed by atoms with Gasteiger partial charge in [-0.05, 0) is 57.7 Å². The van der Waals surface area contributed by atoms with Crippen molar-refractivity contribution >= 4 is 6.03 Å². The number of amides is 2. The summed E-state index contributed by atoms with van der Waals surface area (Å²) in [5.41, 5.74) is 5.40. The molecule has 1 atom stereocenters. The van der Waals surface area contributed by atoms with Gasteiger partial charge in [0, 0.05) is 24.3 Å². The van der Waals surface area contributed by atoms with Gasteiger partial charge in [-0.1, -0.05) is 12.1 Å². The highest BCUT2D eigenvalue weighted by atomic mass is 16.5. The highest BCUT2D eigenvalue weighted by molar-refractivity contribution is 5.75. The summed E-state index contributed by atoms with van der Waals surface area (Å²) in [6.07, 6.45) is 2.14. The SMILES string of the molecule is COc1ccc([C@@H](C)NC(=O)N(Cc2c(C)nn(C)c2C)C2CC2)cc1C. The third-order valence-corrected chi connectivity index (χ3v) is 5.49. The molecule has 0 aliphatic heterocycles. The molecule has 1 aromatic carbocycles. The van der Waals surface area contributed by atoms with Crippen LogP contribution in [0.4, 0.5) is 4.79 Å². The van der Waals surface area contributed by atoms with Crippen LogP contribution in [-0.2, 0) is 13.6 Å². The molecular formula is C21H30N4O2. The second-order valence-corrected chi connectivity index (χ2v) is 7.53. The fourth-order valence-corrected chi connectivity index (χ4v) is 3.49. The largest absolute Gasteiger partial charge is 0.496 e. The Hall–Kier alpha value is -2.50. The number of hydrogen-bond acceptors (Lipinski definition) is 3. The molecular weight excluding hydrogens is 340 g/mol. The number of nitrogens with zero attached hydrogens (tertiary/aromatic N) is 3. The Balaban J connectivity index is 1.73. The van der Waals surface area contributed by atoms with E-state index in [1.807, 2.05) is 49.5 Å². The van der Waals surface area contributed by atoms with Gasteiger partial charge < -0.3 is 15.0 Å². The van der Waals surface area contributed by atoms with E-state index in [4.69, 9.17) is 4.74 Å². The molecule has 1 fully saturated rings. The van der Waals surface area contributed by atoms with Crippen LogP contribution in [0.5, 0.6) is 5.75 Å². The molecule has 0 unspecified atom stereocenters. The van der Waals surface area contributed by atoms with Gasteiger partial charge in [0.15, 0.2) is 0 Å². The van der Waals surface area contributed by atoms with Crippen LogP contribution in [0.25, 0.3) is 0 Å². The van der Waals surface area contributed by atoms with Gasteiger partial charge in [0.25, 0.3) is 0 Å². The lowest BCUT2D eigenvalue weighted by atomic mass is 10.1. The summed E-state index contributed by atoms with van der Waals surface area (Å²) in [4.78, 5) is 15.0. The predicted molar refractivity (Wildman–Crippen MR) is 106 cm³/mol. The zero-order chi connectivity index (χ0) is 19.7. The van der Waals surface area contributed by atoms with Gasteiger partial charge in [0.1, 0.15) is 5.75 Å². The molecule has 1 N–H and O–H groups in total. The van der Waals surface area contributed by atoms with E-state index in [2.05, 4.69) is 23.4 Å². The molecule has 1 aromatic heterocycles. The van der Waals surface area contributed by atoms with Crippen molar-refractivity contribution in [2.75, 3.05) is 7.11 Å². The van der Waals surface area contributed by atoms with Crippen LogP contribution in [0.2, 0.25) is 0 Å². The lowest BCUT2D eigenvalue weighted by molar-refractivity contribution is 0.188. The first-order valence-corrected chi connectivity index (χ1v) is 9.52. The molecule has 3 rings (SSSR count). The Bertz CT molecular complexity index is 839. The van der Waals surface area contributed by atoms with Gasteiger partial charge in [-0.15, -0.1) is 0 Å².